The van der Waals surface area contributed by atoms with Crippen LogP contribution in [-0.2, 0) is 6.54 Å². The Balaban J connectivity index is 2.02. The number of rotatable bonds is 5. The second kappa shape index (κ2) is 5.82. The van der Waals surface area contributed by atoms with Crippen molar-refractivity contribution in [1.82, 2.24) is 9.78 Å². The molecular weight excluding hydrogens is 248 g/mol. The Kier molecular flexibility index (Phi) is 4.14. The van der Waals surface area contributed by atoms with E-state index in [2.05, 4.69) is 24.3 Å². The predicted molar refractivity (Wildman–Crippen MR) is 70.9 cm³/mol. The van der Waals surface area contributed by atoms with Crippen LogP contribution >= 0.6 is 0 Å². The largest absolute Gasteiger partial charge is 0.364 e. The van der Waals surface area contributed by atoms with E-state index in [0.717, 1.165) is 18.6 Å². The Bertz CT molecular complexity index is 551. The van der Waals surface area contributed by atoms with Crippen LogP contribution in [0, 0.1) is 11.6 Å². The Hall–Kier alpha value is -1.91. The number of halogens is 2. The monoisotopic (exact) mass is 265 g/mol. The molecule has 1 atom stereocenters. The summed E-state index contributed by atoms with van der Waals surface area (Å²) in [6.45, 7) is 4.37. The minimum absolute atomic E-state index is 0.209. The van der Waals surface area contributed by atoms with Crippen LogP contribution in [0.3, 0.4) is 0 Å². The van der Waals surface area contributed by atoms with Gasteiger partial charge in [-0.2, -0.15) is 5.10 Å². The molecule has 0 aliphatic heterocycles. The molecule has 2 aromatic rings. The van der Waals surface area contributed by atoms with Gasteiger partial charge >= 0.3 is 0 Å². The number of benzene rings is 1. The van der Waals surface area contributed by atoms with E-state index < -0.39 is 11.6 Å². The summed E-state index contributed by atoms with van der Waals surface area (Å²) in [5.74, 6) is -0.206. The van der Waals surface area contributed by atoms with Crippen LogP contribution < -0.4 is 5.32 Å². The van der Waals surface area contributed by atoms with Crippen LogP contribution in [0.4, 0.5) is 14.6 Å². The topological polar surface area (TPSA) is 29.9 Å². The summed E-state index contributed by atoms with van der Waals surface area (Å²) in [4.78, 5) is 0. The first-order valence-electron chi connectivity index (χ1n) is 6.33. The fourth-order valence-electron chi connectivity index (χ4n) is 1.73. The summed E-state index contributed by atoms with van der Waals surface area (Å²) in [5.41, 5.74) is 0.290. The maximum atomic E-state index is 13.4. The molecule has 0 spiro atoms. The lowest BCUT2D eigenvalue weighted by molar-refractivity contribution is 0.479. The summed E-state index contributed by atoms with van der Waals surface area (Å²) in [6.07, 6.45) is 2.86. The Morgan fingerprint density at radius 1 is 1.32 bits per heavy atom. The van der Waals surface area contributed by atoms with E-state index in [1.807, 2.05) is 16.9 Å². The molecule has 0 radical (unpaired) electrons. The number of anilines is 1. The minimum Gasteiger partial charge on any atom is -0.364 e. The molecule has 19 heavy (non-hydrogen) atoms. The molecule has 1 aromatic carbocycles. The molecule has 0 bridgehead atoms. The molecule has 1 aromatic heterocycles. The van der Waals surface area contributed by atoms with Crippen LogP contribution in [0.25, 0.3) is 0 Å². The van der Waals surface area contributed by atoms with Crippen molar-refractivity contribution in [1.29, 1.82) is 0 Å². The standard InChI is InChI=1S/C14H17F2N3/c1-3-10(2)19-7-6-14(18-19)17-9-11-8-12(15)4-5-13(11)16/h4-8,10H,3,9H2,1-2H3,(H,17,18)/t10-/m1/s1. The van der Waals surface area contributed by atoms with E-state index in [0.29, 0.717) is 11.9 Å². The SMILES string of the molecule is CC[C@@H](C)n1ccc(NCc2cc(F)ccc2F)n1. The van der Waals surface area contributed by atoms with Gasteiger partial charge in [-0.3, -0.25) is 4.68 Å². The first-order chi connectivity index (χ1) is 9.10. The van der Waals surface area contributed by atoms with Crippen molar-refractivity contribution in [2.75, 3.05) is 5.32 Å². The van der Waals surface area contributed by atoms with Crippen LogP contribution in [-0.4, -0.2) is 9.78 Å². The zero-order valence-corrected chi connectivity index (χ0v) is 11.0. The van der Waals surface area contributed by atoms with Gasteiger partial charge in [-0.05, 0) is 31.5 Å². The molecule has 0 amide bonds. The summed E-state index contributed by atoms with van der Waals surface area (Å²) in [7, 11) is 0. The smallest absolute Gasteiger partial charge is 0.148 e. The van der Waals surface area contributed by atoms with Gasteiger partial charge in [0.15, 0.2) is 0 Å². The van der Waals surface area contributed by atoms with Crippen LogP contribution in [0.5, 0.6) is 0 Å². The van der Waals surface area contributed by atoms with E-state index in [-0.39, 0.29) is 12.1 Å². The number of hydrogen-bond donors (Lipinski definition) is 1. The molecule has 0 aliphatic rings. The van der Waals surface area contributed by atoms with Crippen molar-refractivity contribution >= 4 is 5.82 Å². The van der Waals surface area contributed by atoms with Gasteiger partial charge in [0.1, 0.15) is 17.5 Å². The lowest BCUT2D eigenvalue weighted by Crippen LogP contribution is -2.07. The molecule has 5 heteroatoms. The first-order valence-corrected chi connectivity index (χ1v) is 6.33. The summed E-state index contributed by atoms with van der Waals surface area (Å²) in [5, 5.41) is 7.33. The van der Waals surface area contributed by atoms with Crippen molar-refractivity contribution in [3.63, 3.8) is 0 Å². The molecule has 0 fully saturated rings. The molecule has 0 saturated carbocycles. The number of hydrogen-bond acceptors (Lipinski definition) is 2. The van der Waals surface area contributed by atoms with E-state index in [9.17, 15) is 8.78 Å². The Morgan fingerprint density at radius 2 is 2.11 bits per heavy atom. The van der Waals surface area contributed by atoms with Gasteiger partial charge < -0.3 is 5.32 Å². The molecule has 1 N–H and O–H groups in total. The highest BCUT2D eigenvalue weighted by molar-refractivity contribution is 5.34. The van der Waals surface area contributed by atoms with Gasteiger partial charge in [0.05, 0.1) is 0 Å². The van der Waals surface area contributed by atoms with E-state index in [1.54, 1.807) is 0 Å². The molecule has 1 heterocycles. The van der Waals surface area contributed by atoms with Crippen molar-refractivity contribution in [3.05, 3.63) is 47.7 Å². The second-order valence-corrected chi connectivity index (χ2v) is 4.53. The predicted octanol–water partition coefficient (Wildman–Crippen LogP) is 3.74. The maximum absolute atomic E-state index is 13.4. The molecule has 3 nitrogen and oxygen atoms in total. The molecule has 2 rings (SSSR count). The highest BCUT2D eigenvalue weighted by Crippen LogP contribution is 2.14. The highest BCUT2D eigenvalue weighted by atomic mass is 19.1. The summed E-state index contributed by atoms with van der Waals surface area (Å²) in [6, 6.07) is 5.57. The molecule has 0 unspecified atom stereocenters. The molecule has 0 aliphatic carbocycles. The van der Waals surface area contributed by atoms with E-state index in [4.69, 9.17) is 0 Å². The quantitative estimate of drug-likeness (QED) is 0.892. The van der Waals surface area contributed by atoms with Gasteiger partial charge in [-0.25, -0.2) is 8.78 Å². The van der Waals surface area contributed by atoms with Gasteiger partial charge in [-0.1, -0.05) is 6.92 Å². The van der Waals surface area contributed by atoms with Gasteiger partial charge in [0.2, 0.25) is 0 Å². The third-order valence-corrected chi connectivity index (χ3v) is 3.12. The summed E-state index contributed by atoms with van der Waals surface area (Å²) >= 11 is 0. The van der Waals surface area contributed by atoms with Gasteiger partial charge in [0, 0.05) is 30.4 Å². The fraction of sp³-hybridized carbons (Fsp3) is 0.357. The minimum atomic E-state index is -0.441. The first kappa shape index (κ1) is 13.5. The normalized spacial score (nSPS) is 12.4. The van der Waals surface area contributed by atoms with Crippen LogP contribution in [0.2, 0.25) is 0 Å². The Labute approximate surface area is 111 Å². The van der Waals surface area contributed by atoms with Crippen molar-refractivity contribution in [2.24, 2.45) is 0 Å². The van der Waals surface area contributed by atoms with Crippen molar-refractivity contribution in [2.45, 2.75) is 32.9 Å². The average Bonchev–Trinajstić information content (AvgIpc) is 2.88. The van der Waals surface area contributed by atoms with Crippen molar-refractivity contribution in [3.8, 4) is 0 Å². The summed E-state index contributed by atoms with van der Waals surface area (Å²) < 4.78 is 28.3. The van der Waals surface area contributed by atoms with E-state index in [1.165, 1.54) is 6.07 Å². The zero-order valence-electron chi connectivity index (χ0n) is 11.0. The Morgan fingerprint density at radius 3 is 2.84 bits per heavy atom. The van der Waals surface area contributed by atoms with Crippen molar-refractivity contribution < 1.29 is 8.78 Å². The lowest BCUT2D eigenvalue weighted by Gasteiger charge is -2.08. The molecular formula is C14H17F2N3. The van der Waals surface area contributed by atoms with Crippen LogP contribution in [0.15, 0.2) is 30.5 Å². The van der Waals surface area contributed by atoms with Crippen LogP contribution in [0.1, 0.15) is 31.9 Å². The average molecular weight is 265 g/mol. The third-order valence-electron chi connectivity index (χ3n) is 3.12. The maximum Gasteiger partial charge on any atom is 0.148 e. The highest BCUT2D eigenvalue weighted by Gasteiger charge is 2.06. The lowest BCUT2D eigenvalue weighted by atomic mass is 10.2. The third kappa shape index (κ3) is 3.30. The zero-order chi connectivity index (χ0) is 13.8. The fourth-order valence-corrected chi connectivity index (χ4v) is 1.73. The molecule has 0 saturated heterocycles. The number of nitrogens with one attached hydrogen (secondary N) is 1. The molecule has 102 valence electrons. The number of nitrogens with zero attached hydrogens (tertiary/aromatic N) is 2. The van der Waals surface area contributed by atoms with E-state index >= 15 is 0 Å². The second-order valence-electron chi connectivity index (χ2n) is 4.53. The van der Waals surface area contributed by atoms with Gasteiger partial charge in [-0.15, -0.1) is 0 Å². The number of aromatic nitrogens is 2. The van der Waals surface area contributed by atoms with Gasteiger partial charge in [0.25, 0.3) is 0 Å².